The summed E-state index contributed by atoms with van der Waals surface area (Å²) in [6.45, 7) is 0. The molecule has 0 unspecified atom stereocenters. The van der Waals surface area contributed by atoms with Crippen molar-refractivity contribution in [1.82, 2.24) is 5.32 Å². The van der Waals surface area contributed by atoms with Crippen molar-refractivity contribution in [1.29, 1.82) is 5.41 Å². The Bertz CT molecular complexity index is 344. The summed E-state index contributed by atoms with van der Waals surface area (Å²) in [6.07, 6.45) is 2.66. The van der Waals surface area contributed by atoms with Gasteiger partial charge in [0.05, 0.1) is 10.7 Å². The molecule has 2 nitrogen and oxygen atoms in total. The standard InChI is InChI=1S/C8H7BrClFN2/c1-13-3-4-7(10)5(9)2-6(11)8(4)12/h2-3,12-13H,1H3/b4-3-,12-8?. The molecule has 1 aliphatic rings. The molecule has 0 atom stereocenters. The van der Waals surface area contributed by atoms with E-state index in [0.29, 0.717) is 15.1 Å². The van der Waals surface area contributed by atoms with Gasteiger partial charge in [0.2, 0.25) is 0 Å². The van der Waals surface area contributed by atoms with Gasteiger partial charge in [-0.1, -0.05) is 11.6 Å². The molecule has 0 radical (unpaired) electrons. The van der Waals surface area contributed by atoms with Crippen LogP contribution in [0.3, 0.4) is 0 Å². The minimum atomic E-state index is -0.599. The summed E-state index contributed by atoms with van der Waals surface area (Å²) in [5.74, 6) is -0.599. The number of rotatable bonds is 1. The van der Waals surface area contributed by atoms with Crippen LogP contribution in [0, 0.1) is 5.41 Å². The van der Waals surface area contributed by atoms with Crippen molar-refractivity contribution in [2.24, 2.45) is 0 Å². The van der Waals surface area contributed by atoms with Crippen LogP contribution in [0.1, 0.15) is 0 Å². The molecule has 0 amide bonds. The second kappa shape index (κ2) is 4.07. The summed E-state index contributed by atoms with van der Waals surface area (Å²) < 4.78 is 13.5. The summed E-state index contributed by atoms with van der Waals surface area (Å²) in [6, 6.07) is 0. The number of allylic oxidation sites excluding steroid dienone is 5. The maximum absolute atomic E-state index is 13.0. The molecule has 70 valence electrons. The summed E-state index contributed by atoms with van der Waals surface area (Å²) >= 11 is 8.94. The van der Waals surface area contributed by atoms with Crippen LogP contribution in [0.15, 0.2) is 33.2 Å². The van der Waals surface area contributed by atoms with Crippen LogP contribution in [0.5, 0.6) is 0 Å². The number of hydrogen-bond donors (Lipinski definition) is 2. The largest absolute Gasteiger partial charge is 0.393 e. The van der Waals surface area contributed by atoms with E-state index in [2.05, 4.69) is 21.2 Å². The van der Waals surface area contributed by atoms with E-state index >= 15 is 0 Å². The average molecular weight is 266 g/mol. The van der Waals surface area contributed by atoms with Crippen molar-refractivity contribution < 1.29 is 4.39 Å². The zero-order valence-corrected chi connectivity index (χ0v) is 9.13. The van der Waals surface area contributed by atoms with Crippen LogP contribution in [0.4, 0.5) is 4.39 Å². The number of nitrogens with one attached hydrogen (secondary N) is 2. The van der Waals surface area contributed by atoms with Crippen LogP contribution >= 0.6 is 27.5 Å². The maximum Gasteiger partial charge on any atom is 0.149 e. The average Bonchev–Trinajstić information content (AvgIpc) is 2.09. The first-order chi connectivity index (χ1) is 6.07. The van der Waals surface area contributed by atoms with E-state index in [1.807, 2.05) is 0 Å². The van der Waals surface area contributed by atoms with Crippen molar-refractivity contribution in [3.63, 3.8) is 0 Å². The first-order valence-corrected chi connectivity index (χ1v) is 4.64. The molecule has 2 N–H and O–H groups in total. The third-order valence-electron chi connectivity index (χ3n) is 1.50. The molecule has 5 heteroatoms. The fourth-order valence-corrected chi connectivity index (χ4v) is 1.51. The van der Waals surface area contributed by atoms with E-state index in [-0.39, 0.29) is 5.71 Å². The molecular weight excluding hydrogens is 258 g/mol. The topological polar surface area (TPSA) is 35.9 Å². The lowest BCUT2D eigenvalue weighted by Crippen LogP contribution is -2.11. The molecule has 0 aliphatic heterocycles. The Labute approximate surface area is 88.8 Å². The number of halogens is 3. The fraction of sp³-hybridized carbons (Fsp3) is 0.125. The highest BCUT2D eigenvalue weighted by Gasteiger charge is 2.21. The molecule has 1 aliphatic carbocycles. The van der Waals surface area contributed by atoms with Gasteiger partial charge in [0.1, 0.15) is 5.83 Å². The van der Waals surface area contributed by atoms with Gasteiger partial charge in [-0.25, -0.2) is 4.39 Å². The predicted octanol–water partition coefficient (Wildman–Crippen LogP) is 2.82. The Morgan fingerprint density at radius 2 is 2.31 bits per heavy atom. The number of hydrogen-bond acceptors (Lipinski definition) is 2. The van der Waals surface area contributed by atoms with E-state index in [1.54, 1.807) is 7.05 Å². The molecule has 0 aromatic rings. The smallest absolute Gasteiger partial charge is 0.149 e. The van der Waals surface area contributed by atoms with Gasteiger partial charge in [-0.05, 0) is 22.0 Å². The van der Waals surface area contributed by atoms with Crippen LogP contribution in [-0.2, 0) is 0 Å². The predicted molar refractivity (Wildman–Crippen MR) is 55.9 cm³/mol. The van der Waals surface area contributed by atoms with Gasteiger partial charge < -0.3 is 5.32 Å². The van der Waals surface area contributed by atoms with Crippen LogP contribution in [0.2, 0.25) is 0 Å². The fourth-order valence-electron chi connectivity index (χ4n) is 0.894. The second-order valence-electron chi connectivity index (χ2n) is 2.38. The Balaban J connectivity index is 3.20. The Morgan fingerprint density at radius 1 is 1.69 bits per heavy atom. The van der Waals surface area contributed by atoms with Crippen LogP contribution in [-0.4, -0.2) is 12.8 Å². The summed E-state index contributed by atoms with van der Waals surface area (Å²) in [5.41, 5.74) is 0.138. The van der Waals surface area contributed by atoms with Gasteiger partial charge in [0, 0.05) is 23.3 Å². The highest BCUT2D eigenvalue weighted by atomic mass is 79.9. The van der Waals surface area contributed by atoms with E-state index < -0.39 is 5.83 Å². The van der Waals surface area contributed by atoms with Gasteiger partial charge in [-0.3, -0.25) is 5.41 Å². The third kappa shape index (κ3) is 2.00. The van der Waals surface area contributed by atoms with Gasteiger partial charge in [-0.2, -0.15) is 0 Å². The first kappa shape index (κ1) is 10.5. The minimum absolute atomic E-state index is 0.206. The van der Waals surface area contributed by atoms with Crippen molar-refractivity contribution in [3.05, 3.63) is 33.2 Å². The summed E-state index contributed by atoms with van der Waals surface area (Å²) in [4.78, 5) is 0. The molecule has 0 bridgehead atoms. The van der Waals surface area contributed by atoms with E-state index in [9.17, 15) is 4.39 Å². The Morgan fingerprint density at radius 3 is 2.85 bits per heavy atom. The molecule has 0 aromatic carbocycles. The van der Waals surface area contributed by atoms with Crippen molar-refractivity contribution in [2.75, 3.05) is 7.05 Å². The Kier molecular flexibility index (Phi) is 3.27. The molecule has 0 aromatic heterocycles. The van der Waals surface area contributed by atoms with E-state index in [1.165, 1.54) is 12.3 Å². The van der Waals surface area contributed by atoms with Crippen molar-refractivity contribution in [2.45, 2.75) is 0 Å². The van der Waals surface area contributed by atoms with Crippen molar-refractivity contribution >= 4 is 33.2 Å². The van der Waals surface area contributed by atoms with E-state index in [0.717, 1.165) is 0 Å². The normalized spacial score (nSPS) is 20.8. The maximum atomic E-state index is 13.0. The second-order valence-corrected chi connectivity index (χ2v) is 3.61. The SMILES string of the molecule is CN/C=C1\C(=N)C(F)=CC(Br)=C1Cl. The Hall–Kier alpha value is -0.610. The molecule has 0 saturated heterocycles. The zero-order valence-electron chi connectivity index (χ0n) is 6.79. The minimum Gasteiger partial charge on any atom is -0.393 e. The van der Waals surface area contributed by atoms with Crippen LogP contribution < -0.4 is 5.32 Å². The molecule has 0 fully saturated rings. The zero-order chi connectivity index (χ0) is 10.0. The van der Waals surface area contributed by atoms with Gasteiger partial charge in [0.25, 0.3) is 0 Å². The monoisotopic (exact) mass is 264 g/mol. The van der Waals surface area contributed by atoms with Gasteiger partial charge >= 0.3 is 0 Å². The highest BCUT2D eigenvalue weighted by Crippen LogP contribution is 2.32. The molecule has 0 spiro atoms. The van der Waals surface area contributed by atoms with Crippen molar-refractivity contribution in [3.8, 4) is 0 Å². The molecule has 13 heavy (non-hydrogen) atoms. The van der Waals surface area contributed by atoms with Crippen LogP contribution in [0.25, 0.3) is 0 Å². The van der Waals surface area contributed by atoms with E-state index in [4.69, 9.17) is 17.0 Å². The lowest BCUT2D eigenvalue weighted by Gasteiger charge is -2.12. The highest BCUT2D eigenvalue weighted by molar-refractivity contribution is 9.12. The summed E-state index contributed by atoms with van der Waals surface area (Å²) in [7, 11) is 1.66. The first-order valence-electron chi connectivity index (χ1n) is 3.47. The quantitative estimate of drug-likeness (QED) is 0.751. The van der Waals surface area contributed by atoms with Gasteiger partial charge in [0.15, 0.2) is 0 Å². The third-order valence-corrected chi connectivity index (χ3v) is 2.76. The lowest BCUT2D eigenvalue weighted by atomic mass is 10.1. The molecule has 1 rings (SSSR count). The molecule has 0 heterocycles. The summed E-state index contributed by atoms with van der Waals surface area (Å²) in [5, 5.41) is 10.4. The molecular formula is C8H7BrClFN2. The lowest BCUT2D eigenvalue weighted by molar-refractivity contribution is 0.679. The molecule has 0 saturated carbocycles. The van der Waals surface area contributed by atoms with Gasteiger partial charge in [-0.15, -0.1) is 0 Å².